The highest BCUT2D eigenvalue weighted by molar-refractivity contribution is 5.41. The summed E-state index contributed by atoms with van der Waals surface area (Å²) in [5, 5.41) is 10.3. The Hall–Kier alpha value is -2.70. The highest BCUT2D eigenvalue weighted by atomic mass is 16.5. The number of nitrogens with two attached hydrogens (primary N) is 1. The van der Waals surface area contributed by atoms with Gasteiger partial charge < -0.3 is 10.3 Å². The molecule has 3 N–H and O–H groups in total. The number of hydrogen-bond acceptors (Lipinski definition) is 6. The van der Waals surface area contributed by atoms with Crippen molar-refractivity contribution in [2.45, 2.75) is 13.3 Å². The third-order valence-corrected chi connectivity index (χ3v) is 2.78. The van der Waals surface area contributed by atoms with E-state index in [2.05, 4.69) is 25.3 Å². The van der Waals surface area contributed by atoms with Gasteiger partial charge in [0, 0.05) is 6.42 Å². The lowest BCUT2D eigenvalue weighted by Crippen LogP contribution is -1.93. The number of nitrogen functional groups attached to an aromatic ring is 1. The van der Waals surface area contributed by atoms with Gasteiger partial charge in [0.05, 0.1) is 0 Å². The lowest BCUT2D eigenvalue weighted by atomic mass is 10.1. The first-order chi connectivity index (χ1) is 9.22. The molecule has 7 heteroatoms. The summed E-state index contributed by atoms with van der Waals surface area (Å²) in [6.45, 7) is 2.05. The van der Waals surface area contributed by atoms with Crippen LogP contribution in [0.5, 0.6) is 0 Å². The molecule has 0 fully saturated rings. The Balaban J connectivity index is 1.84. The second-order valence-corrected chi connectivity index (χ2v) is 4.16. The van der Waals surface area contributed by atoms with Crippen LogP contribution in [0.4, 0.5) is 5.95 Å². The van der Waals surface area contributed by atoms with E-state index in [0.717, 1.165) is 5.56 Å². The fourth-order valence-corrected chi connectivity index (χ4v) is 1.77. The number of rotatable bonds is 3. The van der Waals surface area contributed by atoms with E-state index in [4.69, 9.17) is 10.3 Å². The molecule has 96 valence electrons. The van der Waals surface area contributed by atoms with Gasteiger partial charge >= 0.3 is 0 Å². The SMILES string of the molecule is Cc1ccccc1Cc1noc(-c2nc(N)n[nH]2)n1. The number of aromatic nitrogens is 5. The molecule has 0 bridgehead atoms. The summed E-state index contributed by atoms with van der Waals surface area (Å²) in [4.78, 5) is 8.20. The Morgan fingerprint density at radius 1 is 1.26 bits per heavy atom. The van der Waals surface area contributed by atoms with Crippen molar-refractivity contribution < 1.29 is 4.52 Å². The standard InChI is InChI=1S/C12H12N6O/c1-7-4-2-3-5-8(7)6-9-14-11(19-18-9)10-15-12(13)17-16-10/h2-5H,6H2,1H3,(H3,13,15,16,17). The van der Waals surface area contributed by atoms with E-state index in [1.54, 1.807) is 0 Å². The molecule has 2 aromatic heterocycles. The van der Waals surface area contributed by atoms with E-state index in [9.17, 15) is 0 Å². The molecule has 0 saturated carbocycles. The minimum atomic E-state index is 0.147. The maximum atomic E-state index is 5.42. The van der Waals surface area contributed by atoms with Gasteiger partial charge in [0.1, 0.15) is 0 Å². The number of H-pyrrole nitrogens is 1. The van der Waals surface area contributed by atoms with E-state index in [1.807, 2.05) is 31.2 Å². The van der Waals surface area contributed by atoms with Crippen molar-refractivity contribution in [1.82, 2.24) is 25.3 Å². The second kappa shape index (κ2) is 4.52. The average Bonchev–Trinajstić information content (AvgIpc) is 3.01. The fourth-order valence-electron chi connectivity index (χ4n) is 1.77. The van der Waals surface area contributed by atoms with E-state index >= 15 is 0 Å². The summed E-state index contributed by atoms with van der Waals surface area (Å²) in [6.07, 6.45) is 0.611. The summed E-state index contributed by atoms with van der Waals surface area (Å²) < 4.78 is 5.13. The molecule has 0 unspecified atom stereocenters. The molecule has 0 aliphatic rings. The first-order valence-corrected chi connectivity index (χ1v) is 5.78. The predicted molar refractivity (Wildman–Crippen MR) is 68.1 cm³/mol. The Kier molecular flexibility index (Phi) is 2.71. The zero-order valence-electron chi connectivity index (χ0n) is 10.3. The number of nitrogens with one attached hydrogen (secondary N) is 1. The van der Waals surface area contributed by atoms with Crippen molar-refractivity contribution in [3.05, 3.63) is 41.2 Å². The number of hydrogen-bond donors (Lipinski definition) is 2. The third-order valence-electron chi connectivity index (χ3n) is 2.78. The molecule has 19 heavy (non-hydrogen) atoms. The van der Waals surface area contributed by atoms with Gasteiger partial charge in [-0.05, 0) is 18.1 Å². The minimum Gasteiger partial charge on any atom is -0.366 e. The first-order valence-electron chi connectivity index (χ1n) is 5.78. The van der Waals surface area contributed by atoms with Gasteiger partial charge in [-0.1, -0.05) is 29.4 Å². The molecule has 1 aromatic carbocycles. The first kappa shape index (κ1) is 11.4. The maximum absolute atomic E-state index is 5.42. The fraction of sp³-hybridized carbons (Fsp3) is 0.167. The van der Waals surface area contributed by atoms with Crippen LogP contribution in [0.3, 0.4) is 0 Å². The van der Waals surface area contributed by atoms with Gasteiger partial charge in [0.2, 0.25) is 11.8 Å². The van der Waals surface area contributed by atoms with Gasteiger partial charge in [-0.25, -0.2) is 0 Å². The van der Waals surface area contributed by atoms with Crippen LogP contribution >= 0.6 is 0 Å². The molecule has 0 atom stereocenters. The lowest BCUT2D eigenvalue weighted by molar-refractivity contribution is 0.421. The van der Waals surface area contributed by atoms with Gasteiger partial charge in [-0.15, -0.1) is 5.10 Å². The van der Waals surface area contributed by atoms with Gasteiger partial charge in [-0.2, -0.15) is 9.97 Å². The predicted octanol–water partition coefficient (Wildman–Crippen LogP) is 1.34. The largest absolute Gasteiger partial charge is 0.366 e. The van der Waals surface area contributed by atoms with Crippen LogP contribution in [0.15, 0.2) is 28.8 Å². The molecule has 0 aliphatic carbocycles. The summed E-state index contributed by atoms with van der Waals surface area (Å²) >= 11 is 0. The Morgan fingerprint density at radius 3 is 2.84 bits per heavy atom. The highest BCUT2D eigenvalue weighted by Gasteiger charge is 2.13. The normalized spacial score (nSPS) is 10.8. The van der Waals surface area contributed by atoms with E-state index in [-0.39, 0.29) is 11.8 Å². The van der Waals surface area contributed by atoms with E-state index < -0.39 is 0 Å². The van der Waals surface area contributed by atoms with Crippen LogP contribution < -0.4 is 5.73 Å². The molecule has 0 amide bonds. The molecule has 0 radical (unpaired) electrons. The van der Waals surface area contributed by atoms with Crippen LogP contribution in [0, 0.1) is 6.92 Å². The van der Waals surface area contributed by atoms with Crippen molar-refractivity contribution in [3.8, 4) is 11.7 Å². The van der Waals surface area contributed by atoms with Gasteiger partial charge in [0.25, 0.3) is 5.89 Å². The van der Waals surface area contributed by atoms with Crippen molar-refractivity contribution in [3.63, 3.8) is 0 Å². The van der Waals surface area contributed by atoms with Gasteiger partial charge in [-0.3, -0.25) is 5.10 Å². The number of benzene rings is 1. The summed E-state index contributed by atoms with van der Waals surface area (Å²) in [5.41, 5.74) is 7.77. The van der Waals surface area contributed by atoms with Crippen LogP contribution in [-0.4, -0.2) is 25.3 Å². The van der Waals surface area contributed by atoms with Crippen molar-refractivity contribution in [2.24, 2.45) is 0 Å². The number of nitrogens with zero attached hydrogens (tertiary/aromatic N) is 4. The Labute approximate surface area is 108 Å². The van der Waals surface area contributed by atoms with Crippen molar-refractivity contribution >= 4 is 5.95 Å². The van der Waals surface area contributed by atoms with Crippen LogP contribution in [0.2, 0.25) is 0 Å². The molecule has 0 spiro atoms. The molecule has 0 saturated heterocycles. The van der Waals surface area contributed by atoms with Gasteiger partial charge in [0.15, 0.2) is 5.82 Å². The second-order valence-electron chi connectivity index (χ2n) is 4.16. The Bertz CT molecular complexity index is 702. The van der Waals surface area contributed by atoms with E-state index in [0.29, 0.717) is 18.1 Å². The molecule has 3 aromatic rings. The smallest absolute Gasteiger partial charge is 0.295 e. The quantitative estimate of drug-likeness (QED) is 0.732. The third kappa shape index (κ3) is 2.30. The topological polar surface area (TPSA) is 107 Å². The minimum absolute atomic E-state index is 0.147. The monoisotopic (exact) mass is 256 g/mol. The lowest BCUT2D eigenvalue weighted by Gasteiger charge is -2.00. The molecular formula is C12H12N6O. The summed E-state index contributed by atoms with van der Waals surface area (Å²) in [5.74, 6) is 1.40. The molecular weight excluding hydrogens is 244 g/mol. The molecule has 7 nitrogen and oxygen atoms in total. The number of anilines is 1. The average molecular weight is 256 g/mol. The molecule has 2 heterocycles. The van der Waals surface area contributed by atoms with E-state index in [1.165, 1.54) is 5.56 Å². The van der Waals surface area contributed by atoms with Crippen LogP contribution in [-0.2, 0) is 6.42 Å². The number of aromatic amines is 1. The molecule has 3 rings (SSSR count). The van der Waals surface area contributed by atoms with Crippen LogP contribution in [0.1, 0.15) is 17.0 Å². The molecule has 0 aliphatic heterocycles. The summed E-state index contributed by atoms with van der Waals surface area (Å²) in [7, 11) is 0. The summed E-state index contributed by atoms with van der Waals surface area (Å²) in [6, 6.07) is 8.07. The van der Waals surface area contributed by atoms with Crippen molar-refractivity contribution in [2.75, 3.05) is 5.73 Å². The van der Waals surface area contributed by atoms with Crippen molar-refractivity contribution in [1.29, 1.82) is 0 Å². The zero-order chi connectivity index (χ0) is 13.2. The highest BCUT2D eigenvalue weighted by Crippen LogP contribution is 2.15. The number of aryl methyl sites for hydroxylation is 1. The zero-order valence-corrected chi connectivity index (χ0v) is 10.3. The van der Waals surface area contributed by atoms with Crippen LogP contribution in [0.25, 0.3) is 11.7 Å². The Morgan fingerprint density at radius 2 is 2.11 bits per heavy atom. The maximum Gasteiger partial charge on any atom is 0.295 e.